The predicted octanol–water partition coefficient (Wildman–Crippen LogP) is -2.15. The molecule has 0 saturated heterocycles. The van der Waals surface area contributed by atoms with E-state index < -0.39 is 11.9 Å². The first-order valence-electron chi connectivity index (χ1n) is 10.1. The Morgan fingerprint density at radius 2 is 0.893 bits per heavy atom. The Kier molecular flexibility index (Phi) is 30.6. The molecule has 0 aliphatic carbocycles. The number of aliphatic carboxylic acids is 2. The van der Waals surface area contributed by atoms with Crippen LogP contribution in [-0.2, 0) is 9.59 Å². The molecule has 0 heterocycles. The zero-order valence-electron chi connectivity index (χ0n) is 18.7. The smallest absolute Gasteiger partial charge is 0.550 e. The van der Waals surface area contributed by atoms with Crippen molar-refractivity contribution in [2.45, 2.75) is 104 Å². The predicted molar refractivity (Wildman–Crippen MR) is 102 cm³/mol. The number of carboxylic acid groups (broad SMARTS) is 2. The van der Waals surface area contributed by atoms with E-state index in [4.69, 9.17) is 0 Å². The van der Waals surface area contributed by atoms with Crippen LogP contribution >= 0.6 is 0 Å². The number of carboxylic acids is 2. The first-order valence-corrected chi connectivity index (χ1v) is 10.1. The Balaban J connectivity index is -0.00000312. The summed E-state index contributed by atoms with van der Waals surface area (Å²) in [5, 5.41) is 20.6. The van der Waals surface area contributed by atoms with Crippen LogP contribution < -0.4 is 113 Å². The molecule has 0 unspecified atom stereocenters. The molecule has 6 heteroatoms. The van der Waals surface area contributed by atoms with Gasteiger partial charge in [-0.1, -0.05) is 49.0 Å². The summed E-state index contributed by atoms with van der Waals surface area (Å²) in [5.41, 5.74) is 2.85. The molecule has 4 nitrogen and oxygen atoms in total. The van der Waals surface area contributed by atoms with E-state index in [1.807, 2.05) is 0 Å². The van der Waals surface area contributed by atoms with Crippen molar-refractivity contribution in [1.82, 2.24) is 0 Å². The first kappa shape index (κ1) is 34.3. The van der Waals surface area contributed by atoms with Crippen LogP contribution in [0.1, 0.15) is 104 Å². The molecule has 0 spiro atoms. The first-order chi connectivity index (χ1) is 12.4. The molecule has 0 atom stereocenters. The van der Waals surface area contributed by atoms with Crippen LogP contribution in [0.15, 0.2) is 23.3 Å². The zero-order chi connectivity index (χ0) is 19.6. The average Bonchev–Trinajstić information content (AvgIpc) is 2.57. The molecule has 0 aromatic carbocycles. The fraction of sp³-hybridized carbons (Fsp3) is 0.727. The van der Waals surface area contributed by atoms with Gasteiger partial charge in [-0.3, -0.25) is 0 Å². The van der Waals surface area contributed by atoms with E-state index in [1.54, 1.807) is 0 Å². The minimum atomic E-state index is -0.945. The largest absolute Gasteiger partial charge is 1.00 e. The third-order valence-corrected chi connectivity index (χ3v) is 4.57. The maximum atomic E-state index is 10.3. The minimum Gasteiger partial charge on any atom is -0.550 e. The van der Waals surface area contributed by atoms with E-state index in [2.05, 4.69) is 26.0 Å². The van der Waals surface area contributed by atoms with Crippen molar-refractivity contribution in [3.05, 3.63) is 23.3 Å². The van der Waals surface area contributed by atoms with Crippen LogP contribution in [0.4, 0.5) is 0 Å². The number of hydrogen-bond acceptors (Lipinski definition) is 4. The monoisotopic (exact) mass is 442 g/mol. The van der Waals surface area contributed by atoms with Gasteiger partial charge < -0.3 is 19.8 Å². The molecule has 0 aliphatic heterocycles. The number of rotatable bonds is 17. The topological polar surface area (TPSA) is 80.3 Å². The third kappa shape index (κ3) is 27.7. The number of allylic oxidation sites excluding steroid dienone is 4. The fourth-order valence-corrected chi connectivity index (χ4v) is 2.83. The van der Waals surface area contributed by atoms with Gasteiger partial charge in [-0.25, -0.2) is 0 Å². The Labute approximate surface area is 257 Å². The molecule has 28 heavy (non-hydrogen) atoms. The van der Waals surface area contributed by atoms with Gasteiger partial charge in [0.15, 0.2) is 0 Å². The molecule has 0 radical (unpaired) electrons. The second kappa shape index (κ2) is 25.0. The van der Waals surface area contributed by atoms with Gasteiger partial charge in [0.2, 0.25) is 0 Å². The summed E-state index contributed by atoms with van der Waals surface area (Å²) >= 11 is 0. The van der Waals surface area contributed by atoms with Gasteiger partial charge in [-0.05, 0) is 78.1 Å². The van der Waals surface area contributed by atoms with Crippen molar-refractivity contribution in [3.8, 4) is 0 Å². The van der Waals surface area contributed by atoms with Gasteiger partial charge in [0.1, 0.15) is 0 Å². The second-order valence-electron chi connectivity index (χ2n) is 7.25. The van der Waals surface area contributed by atoms with E-state index in [-0.39, 0.29) is 116 Å². The van der Waals surface area contributed by atoms with Gasteiger partial charge >= 0.3 is 103 Å². The van der Waals surface area contributed by atoms with Gasteiger partial charge in [0.25, 0.3) is 0 Å². The molecule has 0 fully saturated rings. The van der Waals surface area contributed by atoms with Crippen molar-refractivity contribution >= 4 is 11.9 Å². The summed E-state index contributed by atoms with van der Waals surface area (Å²) in [6, 6.07) is 0. The molecular formula is C22H36K2O4. The summed E-state index contributed by atoms with van der Waals surface area (Å²) in [7, 11) is 0. The average molecular weight is 443 g/mol. The molecule has 0 bridgehead atoms. The fourth-order valence-electron chi connectivity index (χ4n) is 2.83. The van der Waals surface area contributed by atoms with Crippen LogP contribution in [0.3, 0.4) is 0 Å². The van der Waals surface area contributed by atoms with E-state index in [0.717, 1.165) is 77.0 Å². The molecule has 0 amide bonds. The summed E-state index contributed by atoms with van der Waals surface area (Å²) in [5.74, 6) is -1.89. The molecule has 0 saturated carbocycles. The summed E-state index contributed by atoms with van der Waals surface area (Å²) < 4.78 is 0. The molecule has 0 aromatic heterocycles. The zero-order valence-corrected chi connectivity index (χ0v) is 24.9. The number of hydrogen-bond donors (Lipinski definition) is 0. The molecule has 0 rings (SSSR count). The van der Waals surface area contributed by atoms with E-state index in [1.165, 1.54) is 11.1 Å². The Hall–Kier alpha value is 1.69. The van der Waals surface area contributed by atoms with Crippen LogP contribution in [0.5, 0.6) is 0 Å². The maximum Gasteiger partial charge on any atom is 1.00 e. The molecule has 150 valence electrons. The van der Waals surface area contributed by atoms with E-state index in [9.17, 15) is 19.8 Å². The van der Waals surface area contributed by atoms with Crippen LogP contribution in [0.2, 0.25) is 0 Å². The summed E-state index contributed by atoms with van der Waals surface area (Å²) in [4.78, 5) is 20.6. The number of carbonyl (C=O) groups is 2. The van der Waals surface area contributed by atoms with Gasteiger partial charge in [0, 0.05) is 11.9 Å². The Morgan fingerprint density at radius 3 is 1.21 bits per heavy atom. The van der Waals surface area contributed by atoms with E-state index in [0.29, 0.717) is 0 Å². The van der Waals surface area contributed by atoms with Crippen molar-refractivity contribution in [2.75, 3.05) is 0 Å². The Bertz CT molecular complexity index is 417. The van der Waals surface area contributed by atoms with Crippen LogP contribution in [0.25, 0.3) is 0 Å². The molecule has 0 N–H and O–H groups in total. The number of carbonyl (C=O) groups excluding carboxylic acids is 2. The normalized spacial score (nSPS) is 11.5. The summed E-state index contributed by atoms with van der Waals surface area (Å²) in [6.07, 6.45) is 17.1. The van der Waals surface area contributed by atoms with Crippen LogP contribution in [0, 0.1) is 0 Å². The Morgan fingerprint density at radius 1 is 0.571 bits per heavy atom. The maximum absolute atomic E-state index is 10.3. The minimum absolute atomic E-state index is 0. The van der Waals surface area contributed by atoms with Crippen molar-refractivity contribution in [1.29, 1.82) is 0 Å². The molecule has 0 aromatic rings. The van der Waals surface area contributed by atoms with Gasteiger partial charge in [-0.2, -0.15) is 0 Å². The van der Waals surface area contributed by atoms with Gasteiger partial charge in [0.05, 0.1) is 0 Å². The standard InChI is InChI=1S/C22H38O4.2K/c1-19(13-9-5-3-7-11-15-21(23)24)17-18-20(2)14-10-6-4-8-12-16-22(25)26;;/h13-14H,3-12,15-18H2,1-2H3,(H,23,24)(H,25,26);;/q;2*+1/p-2. The van der Waals surface area contributed by atoms with Crippen molar-refractivity contribution < 1.29 is 123 Å². The van der Waals surface area contributed by atoms with Crippen LogP contribution in [-0.4, -0.2) is 11.9 Å². The third-order valence-electron chi connectivity index (χ3n) is 4.57. The SMILES string of the molecule is CC(=CCCCCCCC(=O)[O-])CCC(C)=CCCCCCCC(=O)[O-].[K+].[K+]. The molecular weight excluding hydrogens is 406 g/mol. The quantitative estimate of drug-likeness (QED) is 0.146. The van der Waals surface area contributed by atoms with Crippen molar-refractivity contribution in [3.63, 3.8) is 0 Å². The second-order valence-corrected chi connectivity index (χ2v) is 7.25. The van der Waals surface area contributed by atoms with Gasteiger partial charge in [-0.15, -0.1) is 0 Å². The summed E-state index contributed by atoms with van der Waals surface area (Å²) in [6.45, 7) is 4.36. The number of unbranched alkanes of at least 4 members (excludes halogenated alkanes) is 8. The van der Waals surface area contributed by atoms with Crippen molar-refractivity contribution in [2.24, 2.45) is 0 Å². The molecule has 0 aliphatic rings. The van der Waals surface area contributed by atoms with E-state index >= 15 is 0 Å².